The average Bonchev–Trinajstić information content (AvgIpc) is 2.69. The molecule has 1 rings (SSSR count). The van der Waals surface area contributed by atoms with Crippen LogP contribution in [0.5, 0.6) is 0 Å². The summed E-state index contributed by atoms with van der Waals surface area (Å²) in [6.45, 7) is 12.8. The van der Waals surface area contributed by atoms with Crippen molar-refractivity contribution in [2.45, 2.75) is 84.6 Å². The molecule has 1 aliphatic rings. The van der Waals surface area contributed by atoms with E-state index in [0.29, 0.717) is 0 Å². The van der Waals surface area contributed by atoms with E-state index in [9.17, 15) is 0 Å². The lowest BCUT2D eigenvalue weighted by atomic mass is 9.89. The van der Waals surface area contributed by atoms with Gasteiger partial charge in [0.05, 0.1) is 0 Å². The maximum absolute atomic E-state index is 6.16. The van der Waals surface area contributed by atoms with Gasteiger partial charge in [0.1, 0.15) is 0 Å². The molecule has 1 aliphatic heterocycles. The van der Waals surface area contributed by atoms with Crippen molar-refractivity contribution < 1.29 is 0 Å². The molecule has 2 unspecified atom stereocenters. The van der Waals surface area contributed by atoms with Gasteiger partial charge in [-0.3, -0.25) is 4.90 Å². The number of unbranched alkanes of at least 4 members (excludes halogenated alkanes) is 3. The van der Waals surface area contributed by atoms with Crippen LogP contribution in [0.2, 0.25) is 0 Å². The summed E-state index contributed by atoms with van der Waals surface area (Å²) < 4.78 is 0. The molecule has 2 heteroatoms. The highest BCUT2D eigenvalue weighted by molar-refractivity contribution is 4.89. The Kier molecular flexibility index (Phi) is 8.13. The molecule has 2 nitrogen and oxygen atoms in total. The highest BCUT2D eigenvalue weighted by Gasteiger charge is 2.32. The Labute approximate surface area is 127 Å². The second-order valence-corrected chi connectivity index (χ2v) is 7.43. The molecule has 0 aliphatic carbocycles. The van der Waals surface area contributed by atoms with Gasteiger partial charge in [0.15, 0.2) is 0 Å². The van der Waals surface area contributed by atoms with E-state index in [4.69, 9.17) is 5.73 Å². The molecular weight excluding hydrogens is 244 g/mol. The summed E-state index contributed by atoms with van der Waals surface area (Å²) in [4.78, 5) is 2.71. The Morgan fingerprint density at radius 2 is 1.90 bits per heavy atom. The summed E-state index contributed by atoms with van der Waals surface area (Å²) >= 11 is 0. The van der Waals surface area contributed by atoms with Crippen LogP contribution in [0.4, 0.5) is 0 Å². The van der Waals surface area contributed by atoms with Crippen molar-refractivity contribution >= 4 is 0 Å². The summed E-state index contributed by atoms with van der Waals surface area (Å²) in [5.41, 5.74) is 6.39. The van der Waals surface area contributed by atoms with Crippen LogP contribution >= 0.6 is 0 Å². The van der Waals surface area contributed by atoms with Crippen LogP contribution in [0.3, 0.4) is 0 Å². The standard InChI is InChI=1S/C18H38N2/c1-5-6-7-8-12-18(4,15-19)20-13-9-10-17(11-14-20)16(2)3/h16-17H,5-15,19H2,1-4H3. The fourth-order valence-corrected chi connectivity index (χ4v) is 3.65. The SMILES string of the molecule is CCCCCCC(C)(CN)N1CCCC(C(C)C)CC1. The van der Waals surface area contributed by atoms with Crippen LogP contribution in [-0.2, 0) is 0 Å². The molecule has 0 amide bonds. The third kappa shape index (κ3) is 5.37. The number of likely N-dealkylation sites (tertiary alicyclic amines) is 1. The van der Waals surface area contributed by atoms with E-state index in [1.165, 1.54) is 64.5 Å². The highest BCUT2D eigenvalue weighted by atomic mass is 15.2. The second-order valence-electron chi connectivity index (χ2n) is 7.43. The molecule has 0 aromatic rings. The van der Waals surface area contributed by atoms with Crippen molar-refractivity contribution in [3.63, 3.8) is 0 Å². The van der Waals surface area contributed by atoms with Crippen molar-refractivity contribution in [1.82, 2.24) is 4.90 Å². The zero-order chi connectivity index (χ0) is 15.0. The Morgan fingerprint density at radius 3 is 2.50 bits per heavy atom. The topological polar surface area (TPSA) is 29.3 Å². The minimum absolute atomic E-state index is 0.236. The fraction of sp³-hybridized carbons (Fsp3) is 1.00. The summed E-state index contributed by atoms with van der Waals surface area (Å²) in [5.74, 6) is 1.76. The normalized spacial score (nSPS) is 24.6. The van der Waals surface area contributed by atoms with Gasteiger partial charge >= 0.3 is 0 Å². The van der Waals surface area contributed by atoms with Crippen molar-refractivity contribution in [3.05, 3.63) is 0 Å². The lowest BCUT2D eigenvalue weighted by Gasteiger charge is -2.40. The molecule has 2 atom stereocenters. The van der Waals surface area contributed by atoms with E-state index in [1.54, 1.807) is 0 Å². The molecule has 1 fully saturated rings. The molecule has 2 N–H and O–H groups in total. The third-order valence-corrected chi connectivity index (χ3v) is 5.49. The molecule has 0 spiro atoms. The zero-order valence-corrected chi connectivity index (χ0v) is 14.5. The molecule has 20 heavy (non-hydrogen) atoms. The van der Waals surface area contributed by atoms with E-state index in [1.807, 2.05) is 0 Å². The molecule has 1 saturated heterocycles. The molecule has 0 aromatic carbocycles. The summed E-state index contributed by atoms with van der Waals surface area (Å²) in [6.07, 6.45) is 10.8. The maximum atomic E-state index is 6.16. The van der Waals surface area contributed by atoms with Gasteiger partial charge in [0, 0.05) is 12.1 Å². The van der Waals surface area contributed by atoms with Crippen molar-refractivity contribution in [2.24, 2.45) is 17.6 Å². The fourth-order valence-electron chi connectivity index (χ4n) is 3.65. The molecule has 0 radical (unpaired) electrons. The van der Waals surface area contributed by atoms with Crippen LogP contribution in [0.15, 0.2) is 0 Å². The first-order chi connectivity index (χ1) is 9.53. The van der Waals surface area contributed by atoms with Gasteiger partial charge in [-0.1, -0.05) is 46.5 Å². The summed E-state index contributed by atoms with van der Waals surface area (Å²) in [7, 11) is 0. The Hall–Kier alpha value is -0.0800. The summed E-state index contributed by atoms with van der Waals surface area (Å²) in [5, 5.41) is 0. The number of hydrogen-bond donors (Lipinski definition) is 1. The molecule has 1 heterocycles. The maximum Gasteiger partial charge on any atom is 0.0303 e. The van der Waals surface area contributed by atoms with Crippen LogP contribution in [0.1, 0.15) is 79.1 Å². The van der Waals surface area contributed by atoms with Gasteiger partial charge in [0.2, 0.25) is 0 Å². The zero-order valence-electron chi connectivity index (χ0n) is 14.5. The lowest BCUT2D eigenvalue weighted by Crippen LogP contribution is -2.52. The second kappa shape index (κ2) is 9.04. The van der Waals surface area contributed by atoms with Crippen molar-refractivity contribution in [1.29, 1.82) is 0 Å². The van der Waals surface area contributed by atoms with Crippen LogP contribution < -0.4 is 5.73 Å². The van der Waals surface area contributed by atoms with E-state index < -0.39 is 0 Å². The molecule has 0 aromatic heterocycles. The molecule has 0 bridgehead atoms. The molecule has 0 saturated carbocycles. The smallest absolute Gasteiger partial charge is 0.0303 e. The first-order valence-corrected chi connectivity index (χ1v) is 8.98. The van der Waals surface area contributed by atoms with Gasteiger partial charge in [-0.05, 0) is 57.5 Å². The first-order valence-electron chi connectivity index (χ1n) is 8.98. The highest BCUT2D eigenvalue weighted by Crippen LogP contribution is 2.30. The number of rotatable bonds is 8. The largest absolute Gasteiger partial charge is 0.329 e. The minimum Gasteiger partial charge on any atom is -0.329 e. The van der Waals surface area contributed by atoms with E-state index >= 15 is 0 Å². The lowest BCUT2D eigenvalue weighted by molar-refractivity contribution is 0.100. The van der Waals surface area contributed by atoms with Gasteiger partial charge in [-0.15, -0.1) is 0 Å². The van der Waals surface area contributed by atoms with Gasteiger partial charge < -0.3 is 5.73 Å². The quantitative estimate of drug-likeness (QED) is 0.667. The predicted molar refractivity (Wildman–Crippen MR) is 90.0 cm³/mol. The molecule has 120 valence electrons. The van der Waals surface area contributed by atoms with Gasteiger partial charge in [-0.25, -0.2) is 0 Å². The predicted octanol–water partition coefficient (Wildman–Crippen LogP) is 4.43. The number of nitrogens with two attached hydrogens (primary N) is 1. The van der Waals surface area contributed by atoms with Crippen molar-refractivity contribution in [2.75, 3.05) is 19.6 Å². The minimum atomic E-state index is 0.236. The van der Waals surface area contributed by atoms with E-state index in [2.05, 4.69) is 32.6 Å². The first kappa shape index (κ1) is 18.0. The van der Waals surface area contributed by atoms with Crippen LogP contribution in [0, 0.1) is 11.8 Å². The number of hydrogen-bond acceptors (Lipinski definition) is 2. The summed E-state index contributed by atoms with van der Waals surface area (Å²) in [6, 6.07) is 0. The van der Waals surface area contributed by atoms with Gasteiger partial charge in [0.25, 0.3) is 0 Å². The Morgan fingerprint density at radius 1 is 1.15 bits per heavy atom. The van der Waals surface area contributed by atoms with Gasteiger partial charge in [-0.2, -0.15) is 0 Å². The van der Waals surface area contributed by atoms with E-state index in [0.717, 1.165) is 18.4 Å². The Balaban J connectivity index is 2.50. The van der Waals surface area contributed by atoms with Crippen LogP contribution in [0.25, 0.3) is 0 Å². The monoisotopic (exact) mass is 282 g/mol. The Bertz CT molecular complexity index is 252. The average molecular weight is 283 g/mol. The van der Waals surface area contributed by atoms with Crippen molar-refractivity contribution in [3.8, 4) is 0 Å². The third-order valence-electron chi connectivity index (χ3n) is 5.49. The van der Waals surface area contributed by atoms with E-state index in [-0.39, 0.29) is 5.54 Å². The molecular formula is C18H38N2. The number of nitrogens with zero attached hydrogens (tertiary/aromatic N) is 1. The van der Waals surface area contributed by atoms with Crippen LogP contribution in [-0.4, -0.2) is 30.1 Å².